The van der Waals surface area contributed by atoms with Gasteiger partial charge in [-0.05, 0) is 12.5 Å². The van der Waals surface area contributed by atoms with Gasteiger partial charge in [-0.2, -0.15) is 0 Å². The van der Waals surface area contributed by atoms with Gasteiger partial charge < -0.3 is 10.0 Å². The topological polar surface area (TPSA) is 40.5 Å². The summed E-state index contributed by atoms with van der Waals surface area (Å²) in [6.45, 7) is 1.20. The quantitative estimate of drug-likeness (QED) is 0.486. The van der Waals surface area contributed by atoms with Gasteiger partial charge in [0, 0.05) is 5.46 Å². The molecule has 0 unspecified atom stereocenters. The Labute approximate surface area is 72.8 Å². The van der Waals surface area contributed by atoms with Crippen LogP contribution in [0.15, 0.2) is 6.07 Å². The maximum absolute atomic E-state index is 12.8. The Morgan fingerprint density at radius 2 is 1.62 bits per heavy atom. The summed E-state index contributed by atoms with van der Waals surface area (Å²) in [6, 6.07) is 0.846. The first-order chi connectivity index (χ1) is 5.95. The van der Waals surface area contributed by atoms with Gasteiger partial charge in [-0.15, -0.1) is 0 Å². The lowest BCUT2D eigenvalue weighted by atomic mass is 9.79. The fourth-order valence-corrected chi connectivity index (χ4v) is 0.944. The van der Waals surface area contributed by atoms with Crippen molar-refractivity contribution in [3.63, 3.8) is 0 Å². The second-order valence-corrected chi connectivity index (χ2v) is 2.60. The Morgan fingerprint density at radius 1 is 1.08 bits per heavy atom. The second-order valence-electron chi connectivity index (χ2n) is 2.60. The van der Waals surface area contributed by atoms with Gasteiger partial charge in [-0.1, -0.05) is 6.07 Å². The molecule has 1 aromatic rings. The lowest BCUT2D eigenvalue weighted by Gasteiger charge is -2.05. The number of benzene rings is 1. The van der Waals surface area contributed by atoms with Crippen LogP contribution in [0.2, 0.25) is 0 Å². The highest BCUT2D eigenvalue weighted by molar-refractivity contribution is 6.58. The van der Waals surface area contributed by atoms with Crippen molar-refractivity contribution in [2.75, 3.05) is 0 Å². The third-order valence-corrected chi connectivity index (χ3v) is 1.64. The van der Waals surface area contributed by atoms with Crippen molar-refractivity contribution in [1.82, 2.24) is 0 Å². The van der Waals surface area contributed by atoms with Crippen LogP contribution in [0.1, 0.15) is 5.56 Å². The maximum atomic E-state index is 12.8. The number of aryl methyl sites for hydroxylation is 1. The first-order valence-electron chi connectivity index (χ1n) is 3.45. The Hall–Kier alpha value is -1.01. The second kappa shape index (κ2) is 3.39. The largest absolute Gasteiger partial charge is 0.491 e. The van der Waals surface area contributed by atoms with Crippen molar-refractivity contribution >= 4 is 12.6 Å². The van der Waals surface area contributed by atoms with E-state index in [1.165, 1.54) is 6.92 Å². The molecule has 1 aromatic carbocycles. The molecule has 13 heavy (non-hydrogen) atoms. The number of hydrogen-bond donors (Lipinski definition) is 2. The number of hydrogen-bond acceptors (Lipinski definition) is 2. The Kier molecular flexibility index (Phi) is 2.63. The molecule has 0 fully saturated rings. The average Bonchev–Trinajstić information content (AvgIpc) is 2.07. The van der Waals surface area contributed by atoms with Crippen molar-refractivity contribution in [2.24, 2.45) is 0 Å². The van der Waals surface area contributed by atoms with Crippen LogP contribution < -0.4 is 5.46 Å². The predicted octanol–water partition coefficient (Wildman–Crippen LogP) is 0.0921. The predicted molar refractivity (Wildman–Crippen MR) is 40.9 cm³/mol. The zero-order valence-electron chi connectivity index (χ0n) is 6.68. The monoisotopic (exact) mass is 190 g/mol. The van der Waals surface area contributed by atoms with Crippen molar-refractivity contribution in [3.05, 3.63) is 29.1 Å². The minimum Gasteiger partial charge on any atom is -0.423 e. The van der Waals surface area contributed by atoms with Crippen molar-refractivity contribution in [1.29, 1.82) is 0 Å². The summed E-state index contributed by atoms with van der Waals surface area (Å²) in [5.41, 5.74) is -0.849. The van der Waals surface area contributed by atoms with Gasteiger partial charge in [0.25, 0.3) is 0 Å². The Morgan fingerprint density at radius 3 is 2.08 bits per heavy atom. The van der Waals surface area contributed by atoms with E-state index >= 15 is 0 Å². The zero-order valence-corrected chi connectivity index (χ0v) is 6.68. The summed E-state index contributed by atoms with van der Waals surface area (Å²) in [7, 11) is -2.14. The summed E-state index contributed by atoms with van der Waals surface area (Å²) in [5, 5.41) is 17.1. The van der Waals surface area contributed by atoms with Crippen molar-refractivity contribution in [2.45, 2.75) is 6.92 Å². The molecule has 0 radical (unpaired) electrons. The molecule has 1 rings (SSSR count). The number of rotatable bonds is 1. The highest BCUT2D eigenvalue weighted by Gasteiger charge is 2.23. The molecule has 2 N–H and O–H groups in total. The van der Waals surface area contributed by atoms with Gasteiger partial charge in [-0.3, -0.25) is 0 Å². The molecule has 2 nitrogen and oxygen atoms in total. The van der Waals surface area contributed by atoms with Crippen molar-refractivity contribution < 1.29 is 23.2 Å². The molecule has 0 aromatic heterocycles. The van der Waals surface area contributed by atoms with E-state index < -0.39 is 30.0 Å². The molecule has 0 saturated carbocycles. The van der Waals surface area contributed by atoms with Crippen LogP contribution in [0.5, 0.6) is 0 Å². The fraction of sp³-hybridized carbons (Fsp3) is 0.143. The zero-order chi connectivity index (χ0) is 10.2. The molecule has 0 aliphatic carbocycles. The van der Waals surface area contributed by atoms with Gasteiger partial charge in [0.1, 0.15) is 0 Å². The highest BCUT2D eigenvalue weighted by atomic mass is 19.2. The molecular weight excluding hydrogens is 184 g/mol. The average molecular weight is 190 g/mol. The van der Waals surface area contributed by atoms with E-state index in [0.29, 0.717) is 0 Å². The summed E-state index contributed by atoms with van der Waals surface area (Å²) in [6.07, 6.45) is 0. The minimum atomic E-state index is -2.14. The molecule has 0 aliphatic rings. The van der Waals surface area contributed by atoms with E-state index in [-0.39, 0.29) is 5.56 Å². The van der Waals surface area contributed by atoms with E-state index in [1.807, 2.05) is 0 Å². The normalized spacial score (nSPS) is 10.3. The van der Waals surface area contributed by atoms with Crippen LogP contribution in [0.3, 0.4) is 0 Å². The number of halogens is 3. The van der Waals surface area contributed by atoms with Crippen LogP contribution in [-0.4, -0.2) is 17.2 Å². The summed E-state index contributed by atoms with van der Waals surface area (Å²) >= 11 is 0. The van der Waals surface area contributed by atoms with E-state index in [1.54, 1.807) is 0 Å². The molecule has 6 heteroatoms. The first-order valence-corrected chi connectivity index (χ1v) is 3.45. The molecule has 0 saturated heterocycles. The van der Waals surface area contributed by atoms with Gasteiger partial charge in [0.2, 0.25) is 0 Å². The summed E-state index contributed by atoms with van der Waals surface area (Å²) in [5.74, 6) is -4.58. The molecule has 0 spiro atoms. The van der Waals surface area contributed by atoms with E-state index in [2.05, 4.69) is 0 Å². The van der Waals surface area contributed by atoms with Crippen LogP contribution in [0.25, 0.3) is 0 Å². The lowest BCUT2D eigenvalue weighted by molar-refractivity contribution is 0.414. The third kappa shape index (κ3) is 1.68. The minimum absolute atomic E-state index is 0.179. The van der Waals surface area contributed by atoms with Crippen LogP contribution in [0.4, 0.5) is 13.2 Å². The maximum Gasteiger partial charge on any atom is 0.491 e. The lowest BCUT2D eigenvalue weighted by Crippen LogP contribution is -2.34. The SMILES string of the molecule is Cc1cc(B(O)O)c(F)c(F)c1F. The molecule has 0 aliphatic heterocycles. The molecule has 0 atom stereocenters. The Balaban J connectivity index is 3.41. The van der Waals surface area contributed by atoms with Gasteiger partial charge in [0.05, 0.1) is 0 Å². The smallest absolute Gasteiger partial charge is 0.423 e. The standard InChI is InChI=1S/C7H6BF3O2/c1-3-2-4(8(12)13)6(10)7(11)5(3)9/h2,12-13H,1H3. The third-order valence-electron chi connectivity index (χ3n) is 1.64. The summed E-state index contributed by atoms with van der Waals surface area (Å²) in [4.78, 5) is 0. The molecule has 70 valence electrons. The van der Waals surface area contributed by atoms with Gasteiger partial charge in [-0.25, -0.2) is 13.2 Å². The summed E-state index contributed by atoms with van der Waals surface area (Å²) < 4.78 is 38.1. The van der Waals surface area contributed by atoms with E-state index in [4.69, 9.17) is 10.0 Å². The Bertz CT molecular complexity index is 341. The van der Waals surface area contributed by atoms with Crippen LogP contribution >= 0.6 is 0 Å². The van der Waals surface area contributed by atoms with Gasteiger partial charge in [0.15, 0.2) is 17.5 Å². The molecular formula is C7H6BF3O2. The highest BCUT2D eigenvalue weighted by Crippen LogP contribution is 2.12. The van der Waals surface area contributed by atoms with Crippen LogP contribution in [0, 0.1) is 24.4 Å². The van der Waals surface area contributed by atoms with Crippen LogP contribution in [-0.2, 0) is 0 Å². The van der Waals surface area contributed by atoms with Gasteiger partial charge >= 0.3 is 7.12 Å². The first kappa shape index (κ1) is 10.1. The molecule has 0 heterocycles. The van der Waals surface area contributed by atoms with E-state index in [9.17, 15) is 13.2 Å². The fourth-order valence-electron chi connectivity index (χ4n) is 0.944. The molecule has 0 bridgehead atoms. The van der Waals surface area contributed by atoms with Crippen molar-refractivity contribution in [3.8, 4) is 0 Å². The molecule has 0 amide bonds. The van der Waals surface area contributed by atoms with E-state index in [0.717, 1.165) is 6.07 Å².